The summed E-state index contributed by atoms with van der Waals surface area (Å²) in [5.41, 5.74) is -1.40. The van der Waals surface area contributed by atoms with E-state index in [4.69, 9.17) is 32.7 Å². The van der Waals surface area contributed by atoms with Crippen LogP contribution in [0.1, 0.15) is 20.8 Å². The molecule has 6 nitrogen and oxygen atoms in total. The Morgan fingerprint density at radius 3 is 2.44 bits per heavy atom. The first-order chi connectivity index (χ1) is 12.6. The fraction of sp³-hybridized carbons (Fsp3) is 0.278. The van der Waals surface area contributed by atoms with Crippen LogP contribution in [-0.2, 0) is 14.3 Å². The highest BCUT2D eigenvalue weighted by Crippen LogP contribution is 2.23. The summed E-state index contributed by atoms with van der Waals surface area (Å²) in [4.78, 5) is 28.5. The monoisotopic (exact) mass is 414 g/mol. The molecule has 0 aliphatic heterocycles. The average Bonchev–Trinajstić information content (AvgIpc) is 2.59. The average molecular weight is 415 g/mol. The summed E-state index contributed by atoms with van der Waals surface area (Å²) in [5.74, 6) is -1.45. The highest BCUT2D eigenvalue weighted by molar-refractivity contribution is 6.36. The predicted octanol–water partition coefficient (Wildman–Crippen LogP) is 4.26. The van der Waals surface area contributed by atoms with Gasteiger partial charge in [0, 0.05) is 6.20 Å². The Morgan fingerprint density at radius 2 is 1.85 bits per heavy atom. The lowest BCUT2D eigenvalue weighted by Gasteiger charge is -2.26. The first-order valence-electron chi connectivity index (χ1n) is 7.86. The summed E-state index contributed by atoms with van der Waals surface area (Å²) < 4.78 is 23.6. The van der Waals surface area contributed by atoms with Gasteiger partial charge in [0.05, 0.1) is 10.0 Å². The van der Waals surface area contributed by atoms with E-state index in [1.54, 1.807) is 0 Å². The highest BCUT2D eigenvalue weighted by Gasteiger charge is 2.34. The zero-order valence-electron chi connectivity index (χ0n) is 14.8. The molecule has 0 fully saturated rings. The van der Waals surface area contributed by atoms with E-state index in [9.17, 15) is 14.0 Å². The van der Waals surface area contributed by atoms with Gasteiger partial charge in [0.25, 0.3) is 5.91 Å². The third-order valence-corrected chi connectivity index (χ3v) is 3.88. The Kier molecular flexibility index (Phi) is 6.62. The van der Waals surface area contributed by atoms with Crippen LogP contribution < -0.4 is 10.1 Å². The van der Waals surface area contributed by atoms with Crippen molar-refractivity contribution in [2.24, 2.45) is 0 Å². The summed E-state index contributed by atoms with van der Waals surface area (Å²) >= 11 is 11.7. The number of hydrogen-bond acceptors (Lipinski definition) is 5. The lowest BCUT2D eigenvalue weighted by atomic mass is 10.1. The smallest absolute Gasteiger partial charge is 0.350 e. The van der Waals surface area contributed by atoms with Gasteiger partial charge in [-0.1, -0.05) is 23.2 Å². The number of esters is 1. The number of nitrogens with zero attached hydrogens (tertiary/aromatic N) is 1. The van der Waals surface area contributed by atoms with Crippen LogP contribution in [-0.4, -0.2) is 28.6 Å². The summed E-state index contributed by atoms with van der Waals surface area (Å²) in [6.07, 6.45) is 0.182. The zero-order chi connectivity index (χ0) is 20.2. The molecule has 0 aliphatic rings. The lowest BCUT2D eigenvalue weighted by molar-refractivity contribution is -0.166. The second kappa shape index (κ2) is 8.54. The minimum absolute atomic E-state index is 0.0933. The van der Waals surface area contributed by atoms with Crippen LogP contribution in [0, 0.1) is 5.82 Å². The molecule has 1 amide bonds. The number of ether oxygens (including phenoxy) is 2. The molecule has 144 valence electrons. The van der Waals surface area contributed by atoms with Gasteiger partial charge in [-0.3, -0.25) is 4.79 Å². The van der Waals surface area contributed by atoms with Crippen molar-refractivity contribution in [1.82, 2.24) is 4.98 Å². The zero-order valence-corrected chi connectivity index (χ0v) is 16.3. The second-order valence-electron chi connectivity index (χ2n) is 6.09. The predicted molar refractivity (Wildman–Crippen MR) is 99.5 cm³/mol. The molecule has 0 bridgehead atoms. The molecule has 2 aromatic rings. The number of nitrogens with one attached hydrogen (secondary N) is 1. The standard InChI is InChI=1S/C18H17Cl2FN2O4/c1-10(16(24)23-15-14(20)8-11(19)9-22-15)26-17(25)18(2,3)27-13-6-4-12(21)5-7-13/h4-10H,1-3H3,(H,22,23,24)/t10-/m0/s1. The van der Waals surface area contributed by atoms with Crippen molar-refractivity contribution in [2.75, 3.05) is 5.32 Å². The Balaban J connectivity index is 1.98. The molecule has 0 unspecified atom stereocenters. The normalized spacial score (nSPS) is 12.2. The molecule has 0 radical (unpaired) electrons. The van der Waals surface area contributed by atoms with Crippen LogP contribution >= 0.6 is 23.2 Å². The molecule has 0 saturated heterocycles. The molecule has 0 aliphatic carbocycles. The van der Waals surface area contributed by atoms with Gasteiger partial charge in [0.2, 0.25) is 0 Å². The fourth-order valence-corrected chi connectivity index (χ4v) is 2.35. The van der Waals surface area contributed by atoms with E-state index in [1.807, 2.05) is 0 Å². The molecular formula is C18H17Cl2FN2O4. The fourth-order valence-electron chi connectivity index (χ4n) is 1.92. The SMILES string of the molecule is C[C@H](OC(=O)C(C)(C)Oc1ccc(F)cc1)C(=O)Nc1ncc(Cl)cc1Cl. The van der Waals surface area contributed by atoms with Crippen molar-refractivity contribution in [3.05, 3.63) is 52.4 Å². The molecule has 9 heteroatoms. The number of anilines is 1. The number of amides is 1. The van der Waals surface area contributed by atoms with Gasteiger partial charge in [-0.15, -0.1) is 0 Å². The Hall–Kier alpha value is -2.38. The van der Waals surface area contributed by atoms with Gasteiger partial charge >= 0.3 is 5.97 Å². The summed E-state index contributed by atoms with van der Waals surface area (Å²) in [7, 11) is 0. The first-order valence-corrected chi connectivity index (χ1v) is 8.61. The maximum absolute atomic E-state index is 13.0. The number of aromatic nitrogens is 1. The molecule has 27 heavy (non-hydrogen) atoms. The van der Waals surface area contributed by atoms with Crippen molar-refractivity contribution < 1.29 is 23.5 Å². The Morgan fingerprint density at radius 1 is 1.22 bits per heavy atom. The van der Waals surface area contributed by atoms with Gasteiger partial charge in [-0.2, -0.15) is 0 Å². The van der Waals surface area contributed by atoms with E-state index in [0.717, 1.165) is 0 Å². The third kappa shape index (κ3) is 5.80. The number of pyridine rings is 1. The van der Waals surface area contributed by atoms with E-state index in [2.05, 4.69) is 10.3 Å². The second-order valence-corrected chi connectivity index (χ2v) is 6.93. The molecule has 0 spiro atoms. The van der Waals surface area contributed by atoms with Crippen LogP contribution in [0.25, 0.3) is 0 Å². The number of carbonyl (C=O) groups is 2. The van der Waals surface area contributed by atoms with E-state index < -0.39 is 29.4 Å². The number of rotatable bonds is 6. The number of hydrogen-bond donors (Lipinski definition) is 1. The number of benzene rings is 1. The molecule has 0 saturated carbocycles. The van der Waals surface area contributed by atoms with Crippen LogP contribution in [0.3, 0.4) is 0 Å². The summed E-state index contributed by atoms with van der Waals surface area (Å²) in [5, 5.41) is 2.91. The maximum Gasteiger partial charge on any atom is 0.350 e. The molecule has 2 rings (SSSR count). The minimum Gasteiger partial charge on any atom is -0.476 e. The number of carbonyl (C=O) groups excluding carboxylic acids is 2. The topological polar surface area (TPSA) is 77.5 Å². The van der Waals surface area contributed by atoms with Crippen LogP contribution in [0.2, 0.25) is 10.0 Å². The van der Waals surface area contributed by atoms with Crippen molar-refractivity contribution in [3.8, 4) is 5.75 Å². The van der Waals surface area contributed by atoms with Crippen molar-refractivity contribution >= 4 is 40.9 Å². The number of halogens is 3. The van der Waals surface area contributed by atoms with Crippen LogP contribution in [0.15, 0.2) is 36.5 Å². The largest absolute Gasteiger partial charge is 0.476 e. The van der Waals surface area contributed by atoms with Crippen LogP contribution in [0.5, 0.6) is 5.75 Å². The van der Waals surface area contributed by atoms with Gasteiger partial charge in [0.15, 0.2) is 17.5 Å². The molecule has 1 N–H and O–H groups in total. The van der Waals surface area contributed by atoms with Gasteiger partial charge in [-0.05, 0) is 51.1 Å². The van der Waals surface area contributed by atoms with Crippen molar-refractivity contribution in [1.29, 1.82) is 0 Å². The van der Waals surface area contributed by atoms with Gasteiger partial charge in [0.1, 0.15) is 11.6 Å². The Labute approximate surface area is 165 Å². The van der Waals surface area contributed by atoms with E-state index >= 15 is 0 Å². The summed E-state index contributed by atoms with van der Waals surface area (Å²) in [6.45, 7) is 4.34. The third-order valence-electron chi connectivity index (χ3n) is 3.38. The molecule has 1 aromatic heterocycles. The van der Waals surface area contributed by atoms with Crippen LogP contribution in [0.4, 0.5) is 10.2 Å². The van der Waals surface area contributed by atoms with Gasteiger partial charge in [-0.25, -0.2) is 14.2 Å². The highest BCUT2D eigenvalue weighted by atomic mass is 35.5. The molecule has 1 atom stereocenters. The molecule has 1 heterocycles. The lowest BCUT2D eigenvalue weighted by Crippen LogP contribution is -2.43. The van der Waals surface area contributed by atoms with E-state index in [1.165, 1.54) is 57.3 Å². The first kappa shape index (κ1) is 20.9. The molecular weight excluding hydrogens is 398 g/mol. The maximum atomic E-state index is 13.0. The quantitative estimate of drug-likeness (QED) is 0.714. The van der Waals surface area contributed by atoms with Crippen molar-refractivity contribution in [3.63, 3.8) is 0 Å². The minimum atomic E-state index is -1.40. The van der Waals surface area contributed by atoms with Crippen molar-refractivity contribution in [2.45, 2.75) is 32.5 Å². The molecule has 1 aromatic carbocycles. The Bertz CT molecular complexity index is 844. The van der Waals surface area contributed by atoms with E-state index in [0.29, 0.717) is 5.02 Å². The van der Waals surface area contributed by atoms with E-state index in [-0.39, 0.29) is 16.6 Å². The van der Waals surface area contributed by atoms with Gasteiger partial charge < -0.3 is 14.8 Å². The summed E-state index contributed by atoms with van der Waals surface area (Å²) in [6, 6.07) is 6.59.